The molecular formula is C6H10FNO3. The monoisotopic (exact) mass is 163 g/mol. The molecule has 0 aliphatic rings. The number of halogens is 1. The average Bonchev–Trinajstić information content (AvgIpc) is 1.86. The molecule has 0 aromatic rings. The lowest BCUT2D eigenvalue weighted by Crippen LogP contribution is -2.27. The number of ether oxygens (including phenoxy) is 1. The van der Waals surface area contributed by atoms with Gasteiger partial charge in [-0.3, -0.25) is 0 Å². The van der Waals surface area contributed by atoms with Crippen molar-refractivity contribution in [3.05, 3.63) is 0 Å². The number of unbranched alkanes of at least 4 members (excludes halogenated alkanes) is 1. The van der Waals surface area contributed by atoms with Crippen molar-refractivity contribution < 1.29 is 18.7 Å². The fourth-order valence-corrected chi connectivity index (χ4v) is 0.426. The normalized spacial score (nSPS) is 8.91. The van der Waals surface area contributed by atoms with E-state index in [-0.39, 0.29) is 6.61 Å². The van der Waals surface area contributed by atoms with Crippen molar-refractivity contribution in [1.82, 2.24) is 5.32 Å². The van der Waals surface area contributed by atoms with Gasteiger partial charge in [0.1, 0.15) is 0 Å². The van der Waals surface area contributed by atoms with Crippen molar-refractivity contribution in [2.75, 3.05) is 6.61 Å². The van der Waals surface area contributed by atoms with Crippen LogP contribution in [0.1, 0.15) is 19.8 Å². The molecular weight excluding hydrogens is 153 g/mol. The standard InChI is InChI=1S/C6H10FNO3/c1-2-3-4-11-6(10)8-5(7)9/h2-4H2,1H3,(H,8,9,10). The topological polar surface area (TPSA) is 55.4 Å². The molecule has 0 heterocycles. The summed E-state index contributed by atoms with van der Waals surface area (Å²) in [6, 6.07) is 0. The summed E-state index contributed by atoms with van der Waals surface area (Å²) in [5.74, 6) is 0. The van der Waals surface area contributed by atoms with Gasteiger partial charge in [0.2, 0.25) is 0 Å². The minimum atomic E-state index is -1.90. The molecule has 0 radical (unpaired) electrons. The third-order valence-electron chi connectivity index (χ3n) is 0.931. The fraction of sp³-hybridized carbons (Fsp3) is 0.667. The number of alkyl carbamates (subject to hydrolysis) is 1. The van der Waals surface area contributed by atoms with Crippen molar-refractivity contribution in [3.8, 4) is 0 Å². The zero-order valence-electron chi connectivity index (χ0n) is 6.22. The summed E-state index contributed by atoms with van der Waals surface area (Å²) in [5, 5.41) is 1.33. The Labute approximate surface area is 63.7 Å². The predicted octanol–water partition coefficient (Wildman–Crippen LogP) is 1.60. The lowest BCUT2D eigenvalue weighted by atomic mass is 10.4. The predicted molar refractivity (Wildman–Crippen MR) is 35.9 cm³/mol. The fourth-order valence-electron chi connectivity index (χ4n) is 0.426. The van der Waals surface area contributed by atoms with Crippen molar-refractivity contribution >= 4 is 12.3 Å². The smallest absolute Gasteiger partial charge is 0.415 e. The molecule has 0 aliphatic heterocycles. The number of carbonyl (C=O) groups excluding carboxylic acids is 2. The summed E-state index contributed by atoms with van der Waals surface area (Å²) in [6.07, 6.45) is -1.36. The summed E-state index contributed by atoms with van der Waals surface area (Å²) in [5.41, 5.74) is 0. The zero-order chi connectivity index (χ0) is 8.69. The minimum Gasteiger partial charge on any atom is -0.449 e. The van der Waals surface area contributed by atoms with E-state index in [1.807, 2.05) is 6.92 Å². The highest BCUT2D eigenvalue weighted by molar-refractivity contribution is 5.86. The second-order valence-corrected chi connectivity index (χ2v) is 1.89. The highest BCUT2D eigenvalue weighted by Gasteiger charge is 2.05. The van der Waals surface area contributed by atoms with E-state index in [2.05, 4.69) is 4.74 Å². The summed E-state index contributed by atoms with van der Waals surface area (Å²) >= 11 is 0. The summed E-state index contributed by atoms with van der Waals surface area (Å²) in [4.78, 5) is 19.9. The number of hydrogen-bond acceptors (Lipinski definition) is 3. The molecule has 0 fully saturated rings. The maximum Gasteiger partial charge on any atom is 0.415 e. The lowest BCUT2D eigenvalue weighted by Gasteiger charge is -2.00. The lowest BCUT2D eigenvalue weighted by molar-refractivity contribution is 0.143. The summed E-state index contributed by atoms with van der Waals surface area (Å²) in [6.45, 7) is 2.12. The first-order chi connectivity index (χ1) is 5.16. The quantitative estimate of drug-likeness (QED) is 0.390. The Hall–Kier alpha value is -1.13. The molecule has 2 amide bonds. The molecule has 0 spiro atoms. The molecule has 0 atom stereocenters. The first-order valence-electron chi connectivity index (χ1n) is 3.30. The van der Waals surface area contributed by atoms with Crippen LogP contribution < -0.4 is 5.32 Å². The molecule has 0 aromatic heterocycles. The van der Waals surface area contributed by atoms with Gasteiger partial charge in [0, 0.05) is 0 Å². The van der Waals surface area contributed by atoms with Gasteiger partial charge in [-0.05, 0) is 6.42 Å². The van der Waals surface area contributed by atoms with E-state index in [0.717, 1.165) is 6.42 Å². The zero-order valence-corrected chi connectivity index (χ0v) is 6.22. The highest BCUT2D eigenvalue weighted by Crippen LogP contribution is 1.88. The van der Waals surface area contributed by atoms with Gasteiger partial charge >= 0.3 is 12.3 Å². The van der Waals surface area contributed by atoms with Crippen LogP contribution in [0.3, 0.4) is 0 Å². The molecule has 4 nitrogen and oxygen atoms in total. The number of imide groups is 1. The van der Waals surface area contributed by atoms with E-state index in [1.54, 1.807) is 0 Å². The molecule has 5 heteroatoms. The van der Waals surface area contributed by atoms with E-state index in [1.165, 1.54) is 5.32 Å². The van der Waals surface area contributed by atoms with Gasteiger partial charge in [-0.1, -0.05) is 13.3 Å². The van der Waals surface area contributed by atoms with Crippen LogP contribution in [-0.4, -0.2) is 18.9 Å². The van der Waals surface area contributed by atoms with Crippen LogP contribution >= 0.6 is 0 Å². The average molecular weight is 163 g/mol. The third kappa shape index (κ3) is 6.76. The second-order valence-electron chi connectivity index (χ2n) is 1.89. The molecule has 11 heavy (non-hydrogen) atoms. The Morgan fingerprint density at radius 3 is 2.64 bits per heavy atom. The van der Waals surface area contributed by atoms with E-state index < -0.39 is 12.3 Å². The number of rotatable bonds is 3. The third-order valence-corrected chi connectivity index (χ3v) is 0.931. The van der Waals surface area contributed by atoms with Crippen LogP contribution in [0.2, 0.25) is 0 Å². The molecule has 0 saturated carbocycles. The minimum absolute atomic E-state index is 0.204. The molecule has 0 aliphatic carbocycles. The molecule has 64 valence electrons. The SMILES string of the molecule is CCCCOC(=O)NC(=O)F. The molecule has 0 aromatic carbocycles. The Bertz CT molecular complexity index is 149. The van der Waals surface area contributed by atoms with Crippen LogP contribution in [0.15, 0.2) is 0 Å². The van der Waals surface area contributed by atoms with Crippen molar-refractivity contribution in [1.29, 1.82) is 0 Å². The van der Waals surface area contributed by atoms with Crippen LogP contribution in [-0.2, 0) is 4.74 Å². The second kappa shape index (κ2) is 5.64. The molecule has 0 rings (SSSR count). The van der Waals surface area contributed by atoms with Gasteiger partial charge in [0.25, 0.3) is 0 Å². The van der Waals surface area contributed by atoms with E-state index in [4.69, 9.17) is 0 Å². The van der Waals surface area contributed by atoms with Crippen molar-refractivity contribution in [2.45, 2.75) is 19.8 Å². The van der Waals surface area contributed by atoms with Crippen LogP contribution in [0.5, 0.6) is 0 Å². The van der Waals surface area contributed by atoms with Gasteiger partial charge in [-0.25, -0.2) is 14.9 Å². The van der Waals surface area contributed by atoms with E-state index in [9.17, 15) is 14.0 Å². The Morgan fingerprint density at radius 1 is 1.55 bits per heavy atom. The summed E-state index contributed by atoms with van der Waals surface area (Å²) in [7, 11) is 0. The summed E-state index contributed by atoms with van der Waals surface area (Å²) < 4.78 is 15.8. The van der Waals surface area contributed by atoms with Gasteiger partial charge in [0.15, 0.2) is 0 Å². The Kier molecular flexibility index (Phi) is 5.06. The molecule has 1 N–H and O–H groups in total. The van der Waals surface area contributed by atoms with Gasteiger partial charge in [0.05, 0.1) is 6.61 Å². The Balaban J connectivity index is 3.30. The number of hydrogen-bond donors (Lipinski definition) is 1. The van der Waals surface area contributed by atoms with Crippen LogP contribution in [0.4, 0.5) is 14.0 Å². The number of carbonyl (C=O) groups is 2. The van der Waals surface area contributed by atoms with Gasteiger partial charge in [-0.2, -0.15) is 0 Å². The van der Waals surface area contributed by atoms with Crippen LogP contribution in [0, 0.1) is 0 Å². The first kappa shape index (κ1) is 9.87. The first-order valence-corrected chi connectivity index (χ1v) is 3.30. The largest absolute Gasteiger partial charge is 0.449 e. The van der Waals surface area contributed by atoms with E-state index >= 15 is 0 Å². The molecule has 0 bridgehead atoms. The maximum atomic E-state index is 11.4. The number of amides is 2. The van der Waals surface area contributed by atoms with Gasteiger partial charge in [-0.15, -0.1) is 4.39 Å². The van der Waals surface area contributed by atoms with Crippen LogP contribution in [0.25, 0.3) is 0 Å². The number of nitrogens with one attached hydrogen (secondary N) is 1. The van der Waals surface area contributed by atoms with Crippen molar-refractivity contribution in [2.24, 2.45) is 0 Å². The molecule has 0 saturated heterocycles. The highest BCUT2D eigenvalue weighted by atomic mass is 19.1. The Morgan fingerprint density at radius 2 is 2.18 bits per heavy atom. The van der Waals surface area contributed by atoms with Crippen molar-refractivity contribution in [3.63, 3.8) is 0 Å². The van der Waals surface area contributed by atoms with E-state index in [0.29, 0.717) is 6.42 Å². The maximum absolute atomic E-state index is 11.4. The van der Waals surface area contributed by atoms with Gasteiger partial charge < -0.3 is 4.74 Å². The molecule has 0 unspecified atom stereocenters.